The molecule has 3 unspecified atom stereocenters. The Morgan fingerprint density at radius 3 is 3.05 bits per heavy atom. The van der Waals surface area contributed by atoms with Crippen LogP contribution < -0.4 is 10.1 Å². The van der Waals surface area contributed by atoms with E-state index in [1.165, 1.54) is 12.8 Å². The summed E-state index contributed by atoms with van der Waals surface area (Å²) >= 11 is 3.62. The fraction of sp³-hybridized carbons (Fsp3) is 0.588. The van der Waals surface area contributed by atoms with Crippen LogP contribution in [0, 0.1) is 5.92 Å². The Kier molecular flexibility index (Phi) is 4.25. The molecule has 3 rings (SSSR count). The van der Waals surface area contributed by atoms with Crippen LogP contribution in [0.3, 0.4) is 0 Å². The Labute approximate surface area is 134 Å². The van der Waals surface area contributed by atoms with Crippen molar-refractivity contribution >= 4 is 21.8 Å². The van der Waals surface area contributed by atoms with Crippen molar-refractivity contribution in [2.45, 2.75) is 44.1 Å². The number of benzene rings is 1. The summed E-state index contributed by atoms with van der Waals surface area (Å²) in [5.74, 6) is 1.45. The van der Waals surface area contributed by atoms with Gasteiger partial charge in [0.1, 0.15) is 18.3 Å². The van der Waals surface area contributed by atoms with Crippen molar-refractivity contribution in [2.24, 2.45) is 5.92 Å². The first kappa shape index (κ1) is 14.9. The predicted molar refractivity (Wildman–Crippen MR) is 87.0 cm³/mol. The molecule has 1 aromatic carbocycles. The number of fused-ring (bicyclic) bond motifs is 1. The summed E-state index contributed by atoms with van der Waals surface area (Å²) in [4.78, 5) is 12.7. The lowest BCUT2D eigenvalue weighted by Crippen LogP contribution is -2.54. The number of ether oxygens (including phenoxy) is 1. The highest BCUT2D eigenvalue weighted by Gasteiger charge is 2.39. The Morgan fingerprint density at radius 1 is 1.48 bits per heavy atom. The van der Waals surface area contributed by atoms with Gasteiger partial charge in [0.05, 0.1) is 0 Å². The molecule has 1 heterocycles. The zero-order valence-corrected chi connectivity index (χ0v) is 14.0. The molecule has 0 spiro atoms. The monoisotopic (exact) mass is 351 g/mol. The molecular formula is C17H22BrNO2. The minimum Gasteiger partial charge on any atom is -0.492 e. The predicted octanol–water partition coefficient (Wildman–Crippen LogP) is 3.62. The number of halogens is 1. The molecule has 2 aliphatic rings. The maximum atomic E-state index is 12.7. The van der Waals surface area contributed by atoms with Crippen molar-refractivity contribution in [2.75, 3.05) is 11.9 Å². The molecule has 4 heteroatoms. The van der Waals surface area contributed by atoms with Gasteiger partial charge in [0.2, 0.25) is 5.91 Å². The first-order chi connectivity index (χ1) is 10.1. The fourth-order valence-electron chi connectivity index (χ4n) is 3.66. The van der Waals surface area contributed by atoms with Gasteiger partial charge in [-0.1, -0.05) is 53.9 Å². The zero-order chi connectivity index (χ0) is 14.9. The maximum Gasteiger partial charge on any atom is 0.231 e. The normalized spacial score (nSPS) is 31.3. The van der Waals surface area contributed by atoms with Crippen molar-refractivity contribution in [3.05, 3.63) is 29.8 Å². The number of alkyl halides is 1. The number of carbonyl (C=O) groups is 1. The van der Waals surface area contributed by atoms with E-state index in [2.05, 4.69) is 28.2 Å². The molecule has 21 heavy (non-hydrogen) atoms. The lowest BCUT2D eigenvalue weighted by molar-refractivity contribution is -0.125. The van der Waals surface area contributed by atoms with E-state index in [0.29, 0.717) is 12.5 Å². The van der Waals surface area contributed by atoms with E-state index in [1.807, 2.05) is 24.3 Å². The standard InChI is InChI=1S/C17H22BrNO2/c1-12-5-4-8-17(9-12,11-18)19-16(20)14-10-21-15-7-3-2-6-13(14)15/h2-3,6-7,12,14H,4-5,8-11H2,1H3,(H,19,20). The number of amides is 1. The van der Waals surface area contributed by atoms with E-state index in [4.69, 9.17) is 4.74 Å². The van der Waals surface area contributed by atoms with Crippen LogP contribution in [-0.2, 0) is 4.79 Å². The van der Waals surface area contributed by atoms with Crippen molar-refractivity contribution in [1.29, 1.82) is 0 Å². The molecule has 1 amide bonds. The van der Waals surface area contributed by atoms with E-state index in [-0.39, 0.29) is 17.4 Å². The lowest BCUT2D eigenvalue weighted by atomic mass is 9.77. The summed E-state index contributed by atoms with van der Waals surface area (Å²) in [5, 5.41) is 4.15. The maximum absolute atomic E-state index is 12.7. The van der Waals surface area contributed by atoms with E-state index in [1.54, 1.807) is 0 Å². The van der Waals surface area contributed by atoms with Crippen LogP contribution in [0.15, 0.2) is 24.3 Å². The molecule has 1 aliphatic heterocycles. The summed E-state index contributed by atoms with van der Waals surface area (Å²) < 4.78 is 5.64. The second-order valence-electron chi connectivity index (χ2n) is 6.51. The third-order valence-corrected chi connectivity index (χ3v) is 5.83. The summed E-state index contributed by atoms with van der Waals surface area (Å²) in [7, 11) is 0. The first-order valence-corrected chi connectivity index (χ1v) is 8.85. The third kappa shape index (κ3) is 2.96. The number of hydrogen-bond acceptors (Lipinski definition) is 2. The Hall–Kier alpha value is -1.03. The SMILES string of the molecule is CC1CCCC(CBr)(NC(=O)C2COc3ccccc32)C1. The van der Waals surface area contributed by atoms with Gasteiger partial charge >= 0.3 is 0 Å². The molecule has 0 bridgehead atoms. The molecule has 0 aromatic heterocycles. The van der Waals surface area contributed by atoms with Crippen molar-refractivity contribution in [1.82, 2.24) is 5.32 Å². The first-order valence-electron chi connectivity index (χ1n) is 7.73. The number of hydrogen-bond donors (Lipinski definition) is 1. The molecule has 0 saturated heterocycles. The average molecular weight is 352 g/mol. The second-order valence-corrected chi connectivity index (χ2v) is 7.07. The highest BCUT2D eigenvalue weighted by molar-refractivity contribution is 9.09. The number of nitrogens with one attached hydrogen (secondary N) is 1. The van der Waals surface area contributed by atoms with Crippen molar-refractivity contribution < 1.29 is 9.53 Å². The molecule has 1 N–H and O–H groups in total. The van der Waals surface area contributed by atoms with E-state index < -0.39 is 0 Å². The summed E-state index contributed by atoms with van der Waals surface area (Å²) in [6, 6.07) is 7.85. The molecule has 3 atom stereocenters. The molecular weight excluding hydrogens is 330 g/mol. The van der Waals surface area contributed by atoms with Crippen molar-refractivity contribution in [3.63, 3.8) is 0 Å². The number of rotatable bonds is 3. The largest absolute Gasteiger partial charge is 0.492 e. The highest BCUT2D eigenvalue weighted by atomic mass is 79.9. The van der Waals surface area contributed by atoms with E-state index in [9.17, 15) is 4.79 Å². The Bertz CT molecular complexity index is 533. The molecule has 1 saturated carbocycles. The minimum absolute atomic E-state index is 0.0910. The second kappa shape index (κ2) is 5.99. The van der Waals surface area contributed by atoms with E-state index >= 15 is 0 Å². The summed E-state index contributed by atoms with van der Waals surface area (Å²) in [6.07, 6.45) is 4.56. The Balaban J connectivity index is 1.74. The Morgan fingerprint density at radius 2 is 2.29 bits per heavy atom. The van der Waals surface area contributed by atoms with Gasteiger partial charge in [-0.25, -0.2) is 0 Å². The number of carbonyl (C=O) groups excluding carboxylic acids is 1. The van der Waals surface area contributed by atoms with Gasteiger partial charge in [-0.15, -0.1) is 0 Å². The molecule has 3 nitrogen and oxygen atoms in total. The van der Waals surface area contributed by atoms with Gasteiger partial charge in [-0.05, 0) is 24.8 Å². The van der Waals surface area contributed by atoms with Crippen LogP contribution in [0.1, 0.15) is 44.1 Å². The van der Waals surface area contributed by atoms with Gasteiger partial charge in [0.15, 0.2) is 0 Å². The topological polar surface area (TPSA) is 38.3 Å². The smallest absolute Gasteiger partial charge is 0.231 e. The van der Waals surface area contributed by atoms with Crippen LogP contribution >= 0.6 is 15.9 Å². The highest BCUT2D eigenvalue weighted by Crippen LogP contribution is 2.37. The average Bonchev–Trinajstić information content (AvgIpc) is 2.91. The lowest BCUT2D eigenvalue weighted by Gasteiger charge is -2.40. The van der Waals surface area contributed by atoms with Gasteiger partial charge in [0.25, 0.3) is 0 Å². The van der Waals surface area contributed by atoms with Crippen LogP contribution in [0.2, 0.25) is 0 Å². The molecule has 1 aliphatic carbocycles. The fourth-order valence-corrected chi connectivity index (χ4v) is 4.31. The molecule has 1 aromatic rings. The third-order valence-electron chi connectivity index (χ3n) is 4.75. The van der Waals surface area contributed by atoms with E-state index in [0.717, 1.165) is 29.5 Å². The molecule has 1 fully saturated rings. The molecule has 114 valence electrons. The quantitative estimate of drug-likeness (QED) is 0.844. The number of para-hydroxylation sites is 1. The van der Waals surface area contributed by atoms with Crippen LogP contribution in [-0.4, -0.2) is 23.4 Å². The minimum atomic E-state index is -0.172. The zero-order valence-electron chi connectivity index (χ0n) is 12.4. The van der Waals surface area contributed by atoms with Crippen LogP contribution in [0.4, 0.5) is 0 Å². The summed E-state index contributed by atoms with van der Waals surface area (Å²) in [6.45, 7) is 2.73. The van der Waals surface area contributed by atoms with Crippen LogP contribution in [0.5, 0.6) is 5.75 Å². The van der Waals surface area contributed by atoms with Crippen LogP contribution in [0.25, 0.3) is 0 Å². The van der Waals surface area contributed by atoms with Gasteiger partial charge in [-0.3, -0.25) is 4.79 Å². The van der Waals surface area contributed by atoms with Gasteiger partial charge in [-0.2, -0.15) is 0 Å². The van der Waals surface area contributed by atoms with Crippen molar-refractivity contribution in [3.8, 4) is 5.75 Å². The van der Waals surface area contributed by atoms with Gasteiger partial charge < -0.3 is 10.1 Å². The van der Waals surface area contributed by atoms with Gasteiger partial charge in [0, 0.05) is 16.4 Å². The molecule has 0 radical (unpaired) electrons. The summed E-state index contributed by atoms with van der Waals surface area (Å²) in [5.41, 5.74) is 0.926.